The number of amides is 1. The topological polar surface area (TPSA) is 79.5 Å². The third-order valence-electron chi connectivity index (χ3n) is 2.29. The van der Waals surface area contributed by atoms with Crippen molar-refractivity contribution in [3.05, 3.63) is 52.4 Å². The van der Waals surface area contributed by atoms with E-state index in [9.17, 15) is 18.4 Å². The van der Waals surface area contributed by atoms with Crippen LogP contribution in [0, 0.1) is 11.6 Å². The molecule has 0 unspecified atom stereocenters. The minimum Gasteiger partial charge on any atom is -0.475 e. The maximum atomic E-state index is 13.5. The van der Waals surface area contributed by atoms with Crippen LogP contribution in [-0.2, 0) is 0 Å². The van der Waals surface area contributed by atoms with Crippen LogP contribution in [0.15, 0.2) is 28.7 Å². The van der Waals surface area contributed by atoms with Crippen molar-refractivity contribution in [1.29, 1.82) is 0 Å². The Labute approximate surface area is 115 Å². The Bertz CT molecular complexity index is 676. The molecule has 0 spiro atoms. The third-order valence-corrected chi connectivity index (χ3v) is 2.58. The summed E-state index contributed by atoms with van der Waals surface area (Å²) < 4.78 is 31.0. The van der Waals surface area contributed by atoms with E-state index in [1.807, 2.05) is 0 Å². The molecule has 20 heavy (non-hydrogen) atoms. The zero-order valence-electron chi connectivity index (χ0n) is 9.62. The van der Waals surface area contributed by atoms with Gasteiger partial charge in [0.2, 0.25) is 5.76 Å². The second-order valence-electron chi connectivity index (χ2n) is 3.67. The molecule has 2 N–H and O–H groups in total. The lowest BCUT2D eigenvalue weighted by Crippen LogP contribution is -2.13. The van der Waals surface area contributed by atoms with Gasteiger partial charge in [-0.15, -0.1) is 0 Å². The molecule has 1 aromatic carbocycles. The Hall–Kier alpha value is -2.41. The van der Waals surface area contributed by atoms with Gasteiger partial charge in [0, 0.05) is 6.07 Å². The summed E-state index contributed by atoms with van der Waals surface area (Å²) in [6.45, 7) is 0. The highest BCUT2D eigenvalue weighted by molar-refractivity contribution is 6.33. The van der Waals surface area contributed by atoms with Crippen LogP contribution in [-0.4, -0.2) is 17.0 Å². The quantitative estimate of drug-likeness (QED) is 0.912. The van der Waals surface area contributed by atoms with Crippen molar-refractivity contribution in [1.82, 2.24) is 0 Å². The van der Waals surface area contributed by atoms with Crippen molar-refractivity contribution < 1.29 is 27.9 Å². The lowest BCUT2D eigenvalue weighted by atomic mass is 10.3. The Morgan fingerprint density at radius 3 is 2.40 bits per heavy atom. The standard InChI is InChI=1S/C12H6ClF2NO4/c13-6-3-5(14)4-7(15)10(6)16-11(17)8-1-2-9(20-8)12(18)19/h1-4H,(H,16,17)(H,18,19). The van der Waals surface area contributed by atoms with E-state index < -0.39 is 35.0 Å². The second kappa shape index (κ2) is 5.30. The molecular weight excluding hydrogens is 296 g/mol. The van der Waals surface area contributed by atoms with Crippen LogP contribution in [0.2, 0.25) is 5.02 Å². The molecule has 1 amide bonds. The van der Waals surface area contributed by atoms with Gasteiger partial charge in [-0.25, -0.2) is 13.6 Å². The number of aromatic carboxylic acids is 1. The highest BCUT2D eigenvalue weighted by Gasteiger charge is 2.18. The summed E-state index contributed by atoms with van der Waals surface area (Å²) in [6, 6.07) is 3.55. The lowest BCUT2D eigenvalue weighted by molar-refractivity contribution is 0.0660. The first-order chi connectivity index (χ1) is 9.38. The van der Waals surface area contributed by atoms with Crippen LogP contribution in [0.3, 0.4) is 0 Å². The Morgan fingerprint density at radius 1 is 1.20 bits per heavy atom. The fourth-order valence-corrected chi connectivity index (χ4v) is 1.65. The highest BCUT2D eigenvalue weighted by atomic mass is 35.5. The minimum absolute atomic E-state index is 0.333. The summed E-state index contributed by atoms with van der Waals surface area (Å²) in [5.74, 6) is -5.01. The van der Waals surface area contributed by atoms with E-state index in [2.05, 4.69) is 5.32 Å². The van der Waals surface area contributed by atoms with Crippen LogP contribution in [0.5, 0.6) is 0 Å². The molecule has 0 atom stereocenters. The predicted molar refractivity (Wildman–Crippen MR) is 65.0 cm³/mol. The average Bonchev–Trinajstić information content (AvgIpc) is 2.83. The van der Waals surface area contributed by atoms with Crippen LogP contribution >= 0.6 is 11.6 Å². The lowest BCUT2D eigenvalue weighted by Gasteiger charge is -2.07. The van der Waals surface area contributed by atoms with Crippen LogP contribution in [0.1, 0.15) is 21.1 Å². The molecule has 0 saturated heterocycles. The first-order valence-corrected chi connectivity index (χ1v) is 5.55. The zero-order chi connectivity index (χ0) is 14.9. The molecular formula is C12H6ClF2NO4. The molecule has 1 aromatic heterocycles. The van der Waals surface area contributed by atoms with E-state index in [1.165, 1.54) is 0 Å². The number of halogens is 3. The number of carbonyl (C=O) groups is 2. The van der Waals surface area contributed by atoms with Gasteiger partial charge in [-0.05, 0) is 18.2 Å². The summed E-state index contributed by atoms with van der Waals surface area (Å²) in [6.07, 6.45) is 0. The average molecular weight is 302 g/mol. The van der Waals surface area contributed by atoms with Gasteiger partial charge in [0.1, 0.15) is 5.82 Å². The Balaban J connectivity index is 2.25. The fourth-order valence-electron chi connectivity index (χ4n) is 1.41. The van der Waals surface area contributed by atoms with Crippen molar-refractivity contribution in [2.45, 2.75) is 0 Å². The molecule has 2 aromatic rings. The van der Waals surface area contributed by atoms with E-state index in [4.69, 9.17) is 21.1 Å². The van der Waals surface area contributed by atoms with Gasteiger partial charge in [-0.3, -0.25) is 4.79 Å². The fraction of sp³-hybridized carbons (Fsp3) is 0. The summed E-state index contributed by atoms with van der Waals surface area (Å²) in [4.78, 5) is 22.3. The van der Waals surface area contributed by atoms with Gasteiger partial charge in [-0.1, -0.05) is 11.6 Å². The van der Waals surface area contributed by atoms with Crippen molar-refractivity contribution in [3.8, 4) is 0 Å². The number of hydrogen-bond acceptors (Lipinski definition) is 3. The van der Waals surface area contributed by atoms with E-state index in [1.54, 1.807) is 0 Å². The number of carboxylic acids is 1. The monoisotopic (exact) mass is 301 g/mol. The van der Waals surface area contributed by atoms with Gasteiger partial charge in [-0.2, -0.15) is 0 Å². The van der Waals surface area contributed by atoms with Gasteiger partial charge in [0.05, 0.1) is 10.7 Å². The number of anilines is 1. The van der Waals surface area contributed by atoms with Crippen molar-refractivity contribution in [2.75, 3.05) is 5.32 Å². The smallest absolute Gasteiger partial charge is 0.371 e. The maximum Gasteiger partial charge on any atom is 0.371 e. The molecule has 0 radical (unpaired) electrons. The SMILES string of the molecule is O=C(O)c1ccc(C(=O)Nc2c(F)cc(F)cc2Cl)o1. The molecule has 0 bridgehead atoms. The van der Waals surface area contributed by atoms with Gasteiger partial charge in [0.15, 0.2) is 11.6 Å². The largest absolute Gasteiger partial charge is 0.475 e. The number of carboxylic acid groups (broad SMARTS) is 1. The summed E-state index contributed by atoms with van der Waals surface area (Å²) in [5, 5.41) is 10.4. The number of carbonyl (C=O) groups excluding carboxylic acids is 1. The highest BCUT2D eigenvalue weighted by Crippen LogP contribution is 2.27. The van der Waals surface area contributed by atoms with Crippen LogP contribution < -0.4 is 5.32 Å². The van der Waals surface area contributed by atoms with E-state index in [0.717, 1.165) is 18.2 Å². The maximum absolute atomic E-state index is 13.5. The molecule has 0 aliphatic heterocycles. The molecule has 1 heterocycles. The summed E-state index contributed by atoms with van der Waals surface area (Å²) >= 11 is 5.60. The van der Waals surface area contributed by atoms with Crippen molar-refractivity contribution >= 4 is 29.2 Å². The number of benzene rings is 1. The molecule has 0 saturated carbocycles. The predicted octanol–water partition coefficient (Wildman–Crippen LogP) is 3.16. The molecule has 0 aliphatic carbocycles. The first kappa shape index (κ1) is 14.0. The molecule has 104 valence electrons. The molecule has 0 fully saturated rings. The van der Waals surface area contributed by atoms with Crippen LogP contribution in [0.4, 0.5) is 14.5 Å². The summed E-state index contributed by atoms with van der Waals surface area (Å²) in [5.41, 5.74) is -0.425. The first-order valence-electron chi connectivity index (χ1n) is 5.17. The Morgan fingerprint density at radius 2 is 1.85 bits per heavy atom. The molecule has 2 rings (SSSR count). The normalized spacial score (nSPS) is 10.3. The Kier molecular flexibility index (Phi) is 3.71. The minimum atomic E-state index is -1.35. The molecule has 5 nitrogen and oxygen atoms in total. The van der Waals surface area contributed by atoms with E-state index in [-0.39, 0.29) is 10.8 Å². The van der Waals surface area contributed by atoms with Crippen molar-refractivity contribution in [2.24, 2.45) is 0 Å². The van der Waals surface area contributed by atoms with Crippen LogP contribution in [0.25, 0.3) is 0 Å². The number of rotatable bonds is 3. The van der Waals surface area contributed by atoms with Crippen molar-refractivity contribution in [3.63, 3.8) is 0 Å². The van der Waals surface area contributed by atoms with Gasteiger partial charge >= 0.3 is 5.97 Å². The number of furan rings is 1. The zero-order valence-corrected chi connectivity index (χ0v) is 10.4. The van der Waals surface area contributed by atoms with E-state index in [0.29, 0.717) is 6.07 Å². The van der Waals surface area contributed by atoms with Gasteiger partial charge in [0.25, 0.3) is 5.91 Å². The second-order valence-corrected chi connectivity index (χ2v) is 4.07. The molecule has 0 aliphatic rings. The third kappa shape index (κ3) is 2.77. The van der Waals surface area contributed by atoms with Gasteiger partial charge < -0.3 is 14.8 Å². The molecule has 8 heteroatoms. The number of nitrogens with one attached hydrogen (secondary N) is 1. The summed E-state index contributed by atoms with van der Waals surface area (Å²) in [7, 11) is 0. The number of hydrogen-bond donors (Lipinski definition) is 2. The van der Waals surface area contributed by atoms with E-state index >= 15 is 0 Å².